The van der Waals surface area contributed by atoms with Crippen molar-refractivity contribution in [2.75, 3.05) is 32.7 Å². The number of rotatable bonds is 9. The molecule has 1 aromatic heterocycles. The fourth-order valence-corrected chi connectivity index (χ4v) is 8.20. The van der Waals surface area contributed by atoms with Gasteiger partial charge in [0.25, 0.3) is 5.91 Å². The van der Waals surface area contributed by atoms with Crippen LogP contribution >= 0.6 is 23.2 Å². The van der Waals surface area contributed by atoms with Crippen molar-refractivity contribution in [1.82, 2.24) is 19.4 Å². The number of carbonyl (C=O) groups excluding carboxylic acids is 2. The molecule has 0 spiro atoms. The molecule has 1 amide bonds. The summed E-state index contributed by atoms with van der Waals surface area (Å²) >= 11 is 12.6. The quantitative estimate of drug-likeness (QED) is 0.110. The zero-order chi connectivity index (χ0) is 40.0. The number of fused-ring (bicyclic) bond motifs is 1. The number of amides is 1. The van der Waals surface area contributed by atoms with E-state index in [2.05, 4.69) is 9.88 Å². The van der Waals surface area contributed by atoms with Crippen molar-refractivity contribution in [3.63, 3.8) is 0 Å². The van der Waals surface area contributed by atoms with E-state index in [4.69, 9.17) is 23.2 Å². The number of alkyl halides is 7. The largest absolute Gasteiger partial charge is 0.416 e. The number of imidazole rings is 1. The smallest absolute Gasteiger partial charge is 0.338 e. The Bertz CT molecular complexity index is 2220. The van der Waals surface area contributed by atoms with Crippen molar-refractivity contribution in [2.45, 2.75) is 49.7 Å². The lowest BCUT2D eigenvalue weighted by atomic mass is 9.76. The molecule has 5 aromatic rings. The number of hydrogen-bond acceptors (Lipinski definition) is 4. The number of piperidine rings is 1. The summed E-state index contributed by atoms with van der Waals surface area (Å²) in [6.45, 7) is 1.65. The van der Waals surface area contributed by atoms with E-state index in [0.29, 0.717) is 79.1 Å². The Labute approximate surface area is 327 Å². The van der Waals surface area contributed by atoms with Gasteiger partial charge in [-0.15, -0.1) is 0 Å². The molecular formula is C41H35Cl2F7N4O2. The summed E-state index contributed by atoms with van der Waals surface area (Å²) in [7, 11) is 0. The summed E-state index contributed by atoms with van der Waals surface area (Å²) in [5, 5.41) is 0.553. The lowest BCUT2D eigenvalue weighted by Gasteiger charge is -2.36. The average molecular weight is 820 g/mol. The molecule has 2 aliphatic rings. The van der Waals surface area contributed by atoms with Crippen molar-refractivity contribution in [2.24, 2.45) is 5.92 Å². The van der Waals surface area contributed by atoms with E-state index in [9.17, 15) is 35.9 Å². The van der Waals surface area contributed by atoms with E-state index < -0.39 is 52.6 Å². The van der Waals surface area contributed by atoms with Crippen LogP contribution in [0.3, 0.4) is 0 Å². The molecule has 4 aromatic carbocycles. The van der Waals surface area contributed by atoms with Crippen LogP contribution in [0, 0.1) is 5.92 Å². The maximum atomic E-state index is 16.1. The molecule has 2 unspecified atom stereocenters. The SMILES string of the molecule is O=C(c1nc2ccccc2n1C(F)c1ccccc1)C1CCN(CCC2(c3ccc(Cl)c(Cl)c3)CCN(C(=O)c3cc(C(F)(F)F)cc(C(F)(F)F)c3)C2)CC1. The fraction of sp³-hybridized carbons (Fsp3) is 0.341. The van der Waals surface area contributed by atoms with Crippen LogP contribution in [-0.2, 0) is 17.8 Å². The molecule has 0 saturated carbocycles. The number of nitrogens with zero attached hydrogens (tertiary/aromatic N) is 4. The van der Waals surface area contributed by atoms with Crippen molar-refractivity contribution in [1.29, 1.82) is 0 Å². The number of para-hydroxylation sites is 2. The van der Waals surface area contributed by atoms with Crippen LogP contribution in [0.2, 0.25) is 10.0 Å². The van der Waals surface area contributed by atoms with E-state index in [0.717, 1.165) is 5.56 Å². The van der Waals surface area contributed by atoms with Crippen LogP contribution in [-0.4, -0.2) is 63.8 Å². The first-order chi connectivity index (χ1) is 26.5. The highest BCUT2D eigenvalue weighted by Crippen LogP contribution is 2.42. The highest BCUT2D eigenvalue weighted by atomic mass is 35.5. The van der Waals surface area contributed by atoms with Gasteiger partial charge >= 0.3 is 12.4 Å². The Morgan fingerprint density at radius 1 is 0.804 bits per heavy atom. The highest BCUT2D eigenvalue weighted by Gasteiger charge is 2.44. The minimum atomic E-state index is -5.10. The summed E-state index contributed by atoms with van der Waals surface area (Å²) in [4.78, 5) is 35.7. The minimum absolute atomic E-state index is 0.00377. The Balaban J connectivity index is 1.08. The monoisotopic (exact) mass is 818 g/mol. The third-order valence-electron chi connectivity index (χ3n) is 11.0. The zero-order valence-electron chi connectivity index (χ0n) is 29.7. The van der Waals surface area contributed by atoms with Gasteiger partial charge in [0.05, 0.1) is 32.2 Å². The maximum absolute atomic E-state index is 16.1. The maximum Gasteiger partial charge on any atom is 0.416 e. The number of ketones is 1. The first-order valence-electron chi connectivity index (χ1n) is 18.0. The normalized spacial score (nSPS) is 19.1. The molecule has 2 aliphatic heterocycles. The van der Waals surface area contributed by atoms with Crippen LogP contribution in [0.4, 0.5) is 30.7 Å². The topological polar surface area (TPSA) is 58.4 Å². The fourth-order valence-electron chi connectivity index (χ4n) is 7.90. The lowest BCUT2D eigenvalue weighted by Crippen LogP contribution is -2.41. The van der Waals surface area contributed by atoms with Gasteiger partial charge in [-0.1, -0.05) is 71.7 Å². The van der Waals surface area contributed by atoms with Crippen LogP contribution in [0.25, 0.3) is 11.0 Å². The predicted octanol–water partition coefficient (Wildman–Crippen LogP) is 10.7. The number of likely N-dealkylation sites (tertiary alicyclic amines) is 2. The molecule has 15 heteroatoms. The summed E-state index contributed by atoms with van der Waals surface area (Å²) in [5.74, 6) is -1.56. The van der Waals surface area contributed by atoms with Gasteiger partial charge in [0, 0.05) is 35.5 Å². The molecule has 3 heterocycles. The Hall–Kier alpha value is -4.46. The Morgan fingerprint density at radius 2 is 1.45 bits per heavy atom. The number of hydrogen-bond donors (Lipinski definition) is 0. The number of benzene rings is 4. The second kappa shape index (κ2) is 15.5. The minimum Gasteiger partial charge on any atom is -0.338 e. The molecular weight excluding hydrogens is 784 g/mol. The predicted molar refractivity (Wildman–Crippen MR) is 199 cm³/mol. The molecule has 0 aliphatic carbocycles. The number of carbonyl (C=O) groups is 2. The summed E-state index contributed by atoms with van der Waals surface area (Å²) in [6, 6.07) is 21.5. The Morgan fingerprint density at radius 3 is 2.09 bits per heavy atom. The van der Waals surface area contributed by atoms with Gasteiger partial charge in [0.1, 0.15) is 0 Å². The van der Waals surface area contributed by atoms with E-state index >= 15 is 4.39 Å². The summed E-state index contributed by atoms with van der Waals surface area (Å²) in [5.41, 5.74) is -2.46. The molecule has 0 bridgehead atoms. The van der Waals surface area contributed by atoms with Crippen molar-refractivity contribution in [3.05, 3.63) is 135 Å². The second-order valence-corrected chi connectivity index (χ2v) is 15.3. The third kappa shape index (κ3) is 8.03. The highest BCUT2D eigenvalue weighted by molar-refractivity contribution is 6.42. The van der Waals surface area contributed by atoms with E-state index in [1.165, 1.54) is 9.47 Å². The molecule has 294 valence electrons. The van der Waals surface area contributed by atoms with Gasteiger partial charge in [-0.25, -0.2) is 9.37 Å². The van der Waals surface area contributed by atoms with Gasteiger partial charge in [-0.3, -0.25) is 14.2 Å². The van der Waals surface area contributed by atoms with Gasteiger partial charge in [-0.2, -0.15) is 26.3 Å². The van der Waals surface area contributed by atoms with E-state index in [1.54, 1.807) is 72.8 Å². The zero-order valence-corrected chi connectivity index (χ0v) is 31.2. The van der Waals surface area contributed by atoms with Gasteiger partial charge in [-0.05, 0) is 93.3 Å². The third-order valence-corrected chi connectivity index (χ3v) is 11.7. The van der Waals surface area contributed by atoms with Crippen LogP contribution < -0.4 is 0 Å². The molecule has 2 fully saturated rings. The van der Waals surface area contributed by atoms with Gasteiger partial charge in [0.15, 0.2) is 5.82 Å². The van der Waals surface area contributed by atoms with E-state index in [1.807, 2.05) is 0 Å². The van der Waals surface area contributed by atoms with Crippen LogP contribution in [0.15, 0.2) is 91.0 Å². The number of Topliss-reactive ketones (excluding diaryl/α,β-unsaturated/α-hetero) is 1. The molecule has 2 saturated heterocycles. The summed E-state index contributed by atoms with van der Waals surface area (Å²) < 4.78 is 99.2. The van der Waals surface area contributed by atoms with Crippen LogP contribution in [0.5, 0.6) is 0 Å². The first-order valence-corrected chi connectivity index (χ1v) is 18.8. The second-order valence-electron chi connectivity index (χ2n) is 14.5. The Kier molecular flexibility index (Phi) is 11.0. The van der Waals surface area contributed by atoms with Crippen LogP contribution in [0.1, 0.15) is 75.2 Å². The lowest BCUT2D eigenvalue weighted by molar-refractivity contribution is -0.143. The van der Waals surface area contributed by atoms with Crippen molar-refractivity contribution < 1.29 is 40.3 Å². The summed E-state index contributed by atoms with van der Waals surface area (Å²) in [6.07, 6.45) is -10.1. The van der Waals surface area contributed by atoms with E-state index in [-0.39, 0.29) is 35.8 Å². The average Bonchev–Trinajstić information content (AvgIpc) is 3.80. The molecule has 2 atom stereocenters. The molecule has 0 radical (unpaired) electrons. The van der Waals surface area contributed by atoms with Gasteiger partial charge < -0.3 is 9.80 Å². The van der Waals surface area contributed by atoms with Crippen molar-refractivity contribution in [3.8, 4) is 0 Å². The molecule has 7 rings (SSSR count). The molecule has 0 N–H and O–H groups in total. The number of halogens is 9. The standard InChI is InChI=1S/C41H35Cl2F7N4O2/c42-31-11-10-28(23-32(31)43)39(15-19-53(24-39)38(56)27-20-29(40(45,46)47)22-30(21-27)41(48,49)50)14-18-52-16-12-25(13-17-52)35(55)37-51-33-8-4-5-9-34(33)54(37)36(44)26-6-2-1-3-7-26/h1-11,20-23,25,36H,12-19,24H2. The van der Waals surface area contributed by atoms with Gasteiger partial charge in [0.2, 0.25) is 12.1 Å². The number of aromatic nitrogens is 2. The first kappa shape index (κ1) is 39.8. The van der Waals surface area contributed by atoms with Crippen molar-refractivity contribution >= 4 is 45.9 Å². The molecule has 56 heavy (non-hydrogen) atoms. The molecule has 6 nitrogen and oxygen atoms in total.